The Balaban J connectivity index is 2.85. The molecule has 92 valence electrons. The van der Waals surface area contributed by atoms with E-state index in [1.54, 1.807) is 0 Å². The molecule has 0 unspecified atom stereocenters. The molecule has 0 heterocycles. The van der Waals surface area contributed by atoms with Crippen molar-refractivity contribution in [3.63, 3.8) is 0 Å². The molecule has 0 saturated carbocycles. The molecule has 0 atom stereocenters. The van der Waals surface area contributed by atoms with Crippen LogP contribution < -0.4 is 5.32 Å². The molecule has 0 bridgehead atoms. The fourth-order valence-electron chi connectivity index (χ4n) is 1.41. The minimum atomic E-state index is -4.29. The lowest BCUT2D eigenvalue weighted by atomic mass is 10.0. The van der Waals surface area contributed by atoms with E-state index in [0.717, 1.165) is 12.6 Å². The van der Waals surface area contributed by atoms with Crippen molar-refractivity contribution in [1.82, 2.24) is 5.32 Å². The zero-order valence-electron chi connectivity index (χ0n) is 9.78. The maximum Gasteiger partial charge on any atom is 0.416 e. The highest BCUT2D eigenvalue weighted by Crippen LogP contribution is 2.31. The van der Waals surface area contributed by atoms with Crippen LogP contribution in [0.2, 0.25) is 0 Å². The highest BCUT2D eigenvalue weighted by molar-refractivity contribution is 5.41. The van der Waals surface area contributed by atoms with E-state index in [1.807, 2.05) is 7.05 Å². The van der Waals surface area contributed by atoms with E-state index in [4.69, 9.17) is 0 Å². The lowest BCUT2D eigenvalue weighted by Gasteiger charge is -2.09. The van der Waals surface area contributed by atoms with E-state index in [0.29, 0.717) is 12.0 Å². The van der Waals surface area contributed by atoms with Crippen LogP contribution in [0.25, 0.3) is 0 Å². The van der Waals surface area contributed by atoms with Gasteiger partial charge in [0.15, 0.2) is 0 Å². The molecule has 0 aliphatic heterocycles. The Hall–Kier alpha value is -1.47. The number of benzene rings is 1. The lowest BCUT2D eigenvalue weighted by molar-refractivity contribution is -0.138. The highest BCUT2D eigenvalue weighted by atomic mass is 19.4. The molecule has 1 rings (SSSR count). The number of hydrogen-bond donors (Lipinski definition) is 1. The summed E-state index contributed by atoms with van der Waals surface area (Å²) in [5.41, 5.74) is 0.225. The van der Waals surface area contributed by atoms with Gasteiger partial charge < -0.3 is 5.32 Å². The summed E-state index contributed by atoms with van der Waals surface area (Å²) >= 11 is 0. The Labute approximate surface area is 99.0 Å². The summed E-state index contributed by atoms with van der Waals surface area (Å²) in [5, 5.41) is 2.94. The molecule has 0 saturated heterocycles. The van der Waals surface area contributed by atoms with E-state index in [2.05, 4.69) is 17.2 Å². The highest BCUT2D eigenvalue weighted by Gasteiger charge is 2.31. The quantitative estimate of drug-likeness (QED) is 0.620. The molecule has 0 aliphatic rings. The molecule has 1 aromatic carbocycles. The first kappa shape index (κ1) is 13.6. The van der Waals surface area contributed by atoms with Gasteiger partial charge in [0.25, 0.3) is 0 Å². The van der Waals surface area contributed by atoms with Crippen molar-refractivity contribution in [2.45, 2.75) is 19.5 Å². The molecule has 0 fully saturated rings. The number of rotatable bonds is 2. The Morgan fingerprint density at radius 1 is 1.29 bits per heavy atom. The Bertz CT molecular complexity index is 438. The van der Waals surface area contributed by atoms with E-state index in [-0.39, 0.29) is 5.56 Å². The van der Waals surface area contributed by atoms with Crippen LogP contribution in [0, 0.1) is 18.8 Å². The average molecular weight is 241 g/mol. The Morgan fingerprint density at radius 2 is 2.00 bits per heavy atom. The van der Waals surface area contributed by atoms with E-state index < -0.39 is 11.7 Å². The second-order valence-electron chi connectivity index (χ2n) is 3.68. The van der Waals surface area contributed by atoms with E-state index >= 15 is 0 Å². The van der Waals surface area contributed by atoms with Gasteiger partial charge >= 0.3 is 6.18 Å². The molecule has 0 amide bonds. The van der Waals surface area contributed by atoms with Crippen molar-refractivity contribution in [1.29, 1.82) is 0 Å². The summed E-state index contributed by atoms with van der Waals surface area (Å²) in [4.78, 5) is 0. The summed E-state index contributed by atoms with van der Waals surface area (Å²) in [6.07, 6.45) is -3.61. The van der Waals surface area contributed by atoms with Crippen LogP contribution in [0.1, 0.15) is 23.1 Å². The predicted molar refractivity (Wildman–Crippen MR) is 61.6 cm³/mol. The van der Waals surface area contributed by atoms with Crippen molar-refractivity contribution in [3.8, 4) is 11.8 Å². The minimum absolute atomic E-state index is 0.206. The van der Waals surface area contributed by atoms with E-state index in [1.165, 1.54) is 19.1 Å². The summed E-state index contributed by atoms with van der Waals surface area (Å²) in [5.74, 6) is 5.74. The number of aryl methyl sites for hydroxylation is 1. The molecule has 4 heteroatoms. The van der Waals surface area contributed by atoms with Crippen LogP contribution in [0.5, 0.6) is 0 Å². The summed E-state index contributed by atoms with van der Waals surface area (Å²) in [7, 11) is 1.82. The zero-order valence-corrected chi connectivity index (χ0v) is 9.78. The van der Waals surface area contributed by atoms with Gasteiger partial charge in [-0.05, 0) is 37.7 Å². The monoisotopic (exact) mass is 241 g/mol. The largest absolute Gasteiger partial charge is 0.416 e. The second-order valence-corrected chi connectivity index (χ2v) is 3.68. The molecule has 1 aromatic rings. The van der Waals surface area contributed by atoms with E-state index in [9.17, 15) is 13.2 Å². The van der Waals surface area contributed by atoms with Gasteiger partial charge in [0.05, 0.1) is 5.56 Å². The number of halogens is 3. The topological polar surface area (TPSA) is 12.0 Å². The Kier molecular flexibility index (Phi) is 4.59. The van der Waals surface area contributed by atoms with Gasteiger partial charge in [0.2, 0.25) is 0 Å². The third kappa shape index (κ3) is 4.12. The van der Waals surface area contributed by atoms with Crippen LogP contribution in [-0.4, -0.2) is 13.6 Å². The molecule has 17 heavy (non-hydrogen) atoms. The smallest absolute Gasteiger partial charge is 0.319 e. The zero-order chi connectivity index (χ0) is 12.9. The second kappa shape index (κ2) is 5.74. The number of nitrogens with one attached hydrogen (secondary N) is 1. The van der Waals surface area contributed by atoms with Gasteiger partial charge in [0, 0.05) is 18.5 Å². The van der Waals surface area contributed by atoms with Gasteiger partial charge in [-0.3, -0.25) is 0 Å². The number of hydrogen-bond acceptors (Lipinski definition) is 1. The van der Waals surface area contributed by atoms with Gasteiger partial charge in [-0.15, -0.1) is 0 Å². The maximum atomic E-state index is 12.5. The summed E-state index contributed by atoms with van der Waals surface area (Å²) in [6.45, 7) is 2.22. The van der Waals surface area contributed by atoms with Crippen molar-refractivity contribution < 1.29 is 13.2 Å². The van der Waals surface area contributed by atoms with Gasteiger partial charge in [0.1, 0.15) is 0 Å². The molecular formula is C13H14F3N. The lowest BCUT2D eigenvalue weighted by Crippen LogP contribution is -2.07. The Morgan fingerprint density at radius 3 is 2.53 bits per heavy atom. The maximum absolute atomic E-state index is 12.5. The normalized spacial score (nSPS) is 10.9. The van der Waals surface area contributed by atoms with Crippen LogP contribution in [-0.2, 0) is 6.18 Å². The third-order valence-corrected chi connectivity index (χ3v) is 2.26. The average Bonchev–Trinajstić information content (AvgIpc) is 2.23. The van der Waals surface area contributed by atoms with Gasteiger partial charge in [-0.2, -0.15) is 13.2 Å². The third-order valence-electron chi connectivity index (χ3n) is 2.26. The van der Waals surface area contributed by atoms with Crippen LogP contribution in [0.4, 0.5) is 13.2 Å². The standard InChI is InChI=1S/C13H14F3N/c1-10-9-11(5-3-4-8-17-2)6-7-12(10)13(14,15)16/h6-7,9,17H,4,8H2,1-2H3. The molecule has 1 N–H and O–H groups in total. The van der Waals surface area contributed by atoms with Crippen molar-refractivity contribution in [2.24, 2.45) is 0 Å². The molecule has 0 aliphatic carbocycles. The minimum Gasteiger partial charge on any atom is -0.319 e. The fraction of sp³-hybridized carbons (Fsp3) is 0.385. The molecule has 0 spiro atoms. The van der Waals surface area contributed by atoms with Crippen molar-refractivity contribution >= 4 is 0 Å². The van der Waals surface area contributed by atoms with Crippen LogP contribution in [0.15, 0.2) is 18.2 Å². The van der Waals surface area contributed by atoms with Crippen LogP contribution >= 0.6 is 0 Å². The molecular weight excluding hydrogens is 227 g/mol. The molecule has 0 radical (unpaired) electrons. The SMILES string of the molecule is CNCCC#Cc1ccc(C(F)(F)F)c(C)c1. The van der Waals surface area contributed by atoms with Crippen LogP contribution in [0.3, 0.4) is 0 Å². The summed E-state index contributed by atoms with van der Waals surface area (Å²) < 4.78 is 37.5. The van der Waals surface area contributed by atoms with Gasteiger partial charge in [-0.25, -0.2) is 0 Å². The molecule has 1 nitrogen and oxygen atoms in total. The van der Waals surface area contributed by atoms with Crippen molar-refractivity contribution in [3.05, 3.63) is 34.9 Å². The first-order valence-corrected chi connectivity index (χ1v) is 5.26. The number of alkyl halides is 3. The first-order chi connectivity index (χ1) is 7.95. The summed E-state index contributed by atoms with van der Waals surface area (Å²) in [6, 6.07) is 3.95. The molecule has 0 aromatic heterocycles. The predicted octanol–water partition coefficient (Wildman–Crippen LogP) is 2.97. The fourth-order valence-corrected chi connectivity index (χ4v) is 1.41. The first-order valence-electron chi connectivity index (χ1n) is 5.26. The van der Waals surface area contributed by atoms with Gasteiger partial charge in [-0.1, -0.05) is 11.8 Å². The van der Waals surface area contributed by atoms with Crippen molar-refractivity contribution in [2.75, 3.05) is 13.6 Å².